The van der Waals surface area contributed by atoms with Gasteiger partial charge in [-0.2, -0.15) is 0 Å². The second kappa shape index (κ2) is 8.24. The highest BCUT2D eigenvalue weighted by molar-refractivity contribution is 5.99. The molecular formula is C20H22O5. The number of rotatable bonds is 7. The molecule has 0 saturated heterocycles. The zero-order chi connectivity index (χ0) is 18.4. The molecule has 0 N–H and O–H groups in total. The molecular weight excluding hydrogens is 320 g/mol. The molecule has 132 valence electrons. The van der Waals surface area contributed by atoms with Crippen LogP contribution in [0.25, 0.3) is 5.57 Å². The van der Waals surface area contributed by atoms with Gasteiger partial charge in [0.2, 0.25) is 0 Å². The third-order valence-electron chi connectivity index (χ3n) is 3.70. The van der Waals surface area contributed by atoms with E-state index in [1.54, 1.807) is 46.6 Å². The lowest BCUT2D eigenvalue weighted by atomic mass is 9.96. The fourth-order valence-corrected chi connectivity index (χ4v) is 2.50. The lowest BCUT2D eigenvalue weighted by Gasteiger charge is -2.14. The molecule has 0 atom stereocenters. The van der Waals surface area contributed by atoms with Crippen molar-refractivity contribution in [2.45, 2.75) is 6.92 Å². The lowest BCUT2D eigenvalue weighted by molar-refractivity contribution is -0.112. The Labute approximate surface area is 147 Å². The SMILES string of the molecule is COc1cc(OC)cc(/C(=C\C(C)=O)c2ccc(OC)c(OC)c2)c1. The number of hydrogen-bond acceptors (Lipinski definition) is 5. The molecule has 0 aromatic heterocycles. The maximum absolute atomic E-state index is 11.8. The molecule has 25 heavy (non-hydrogen) atoms. The van der Waals surface area contributed by atoms with E-state index in [1.165, 1.54) is 6.92 Å². The minimum Gasteiger partial charge on any atom is -0.497 e. The number of methoxy groups -OCH3 is 4. The minimum atomic E-state index is -0.0634. The van der Waals surface area contributed by atoms with Gasteiger partial charge in [0.15, 0.2) is 17.3 Å². The largest absolute Gasteiger partial charge is 0.497 e. The van der Waals surface area contributed by atoms with Crippen molar-refractivity contribution >= 4 is 11.4 Å². The van der Waals surface area contributed by atoms with Gasteiger partial charge in [0.1, 0.15) is 11.5 Å². The molecule has 0 fully saturated rings. The quantitative estimate of drug-likeness (QED) is 0.718. The Morgan fingerprint density at radius 1 is 0.760 bits per heavy atom. The van der Waals surface area contributed by atoms with Gasteiger partial charge in [0.25, 0.3) is 0 Å². The predicted molar refractivity (Wildman–Crippen MR) is 96.9 cm³/mol. The van der Waals surface area contributed by atoms with Crippen LogP contribution in [0.4, 0.5) is 0 Å². The first-order valence-corrected chi connectivity index (χ1v) is 7.70. The van der Waals surface area contributed by atoms with Gasteiger partial charge < -0.3 is 18.9 Å². The summed E-state index contributed by atoms with van der Waals surface area (Å²) < 4.78 is 21.3. The van der Waals surface area contributed by atoms with Crippen LogP contribution in [0.3, 0.4) is 0 Å². The minimum absolute atomic E-state index is 0.0634. The average molecular weight is 342 g/mol. The molecule has 0 amide bonds. The Morgan fingerprint density at radius 3 is 1.84 bits per heavy atom. The van der Waals surface area contributed by atoms with Gasteiger partial charge in [-0.3, -0.25) is 4.79 Å². The second-order valence-corrected chi connectivity index (χ2v) is 5.34. The molecule has 2 aromatic rings. The van der Waals surface area contributed by atoms with Crippen LogP contribution in [-0.2, 0) is 4.79 Å². The topological polar surface area (TPSA) is 54.0 Å². The van der Waals surface area contributed by atoms with Crippen LogP contribution < -0.4 is 18.9 Å². The fourth-order valence-electron chi connectivity index (χ4n) is 2.50. The summed E-state index contributed by atoms with van der Waals surface area (Å²) in [5.41, 5.74) is 2.37. The van der Waals surface area contributed by atoms with E-state index in [1.807, 2.05) is 24.3 Å². The Hall–Kier alpha value is -2.95. The van der Waals surface area contributed by atoms with Crippen LogP contribution in [0.1, 0.15) is 18.1 Å². The fraction of sp³-hybridized carbons (Fsp3) is 0.250. The third kappa shape index (κ3) is 4.32. The van der Waals surface area contributed by atoms with Crippen LogP contribution >= 0.6 is 0 Å². The summed E-state index contributed by atoms with van der Waals surface area (Å²) in [5, 5.41) is 0. The van der Waals surface area contributed by atoms with E-state index < -0.39 is 0 Å². The van der Waals surface area contributed by atoms with Crippen LogP contribution in [-0.4, -0.2) is 34.2 Å². The number of benzene rings is 2. The van der Waals surface area contributed by atoms with Crippen LogP contribution in [0.2, 0.25) is 0 Å². The molecule has 0 aliphatic heterocycles. The lowest BCUT2D eigenvalue weighted by Crippen LogP contribution is -1.97. The standard InChI is InChI=1S/C20H22O5/c1-13(21)8-18(14-6-7-19(24-4)20(11-14)25-5)15-9-16(22-2)12-17(10-15)23-3/h6-12H,1-5H3/b18-8-. The first-order chi connectivity index (χ1) is 12.0. The van der Waals surface area contributed by atoms with E-state index >= 15 is 0 Å². The molecule has 0 aliphatic carbocycles. The van der Waals surface area contributed by atoms with E-state index in [2.05, 4.69) is 0 Å². The highest BCUT2D eigenvalue weighted by atomic mass is 16.5. The van der Waals surface area contributed by atoms with Gasteiger partial charge in [-0.1, -0.05) is 6.07 Å². The number of carbonyl (C=O) groups is 1. The molecule has 0 bridgehead atoms. The van der Waals surface area contributed by atoms with E-state index in [0.717, 1.165) is 16.7 Å². The van der Waals surface area contributed by atoms with E-state index in [4.69, 9.17) is 18.9 Å². The van der Waals surface area contributed by atoms with Crippen molar-refractivity contribution < 1.29 is 23.7 Å². The number of carbonyl (C=O) groups excluding carboxylic acids is 1. The van der Waals surface area contributed by atoms with Gasteiger partial charge in [-0.05, 0) is 54.0 Å². The summed E-state index contributed by atoms with van der Waals surface area (Å²) in [5.74, 6) is 2.43. The smallest absolute Gasteiger partial charge is 0.161 e. The zero-order valence-corrected chi connectivity index (χ0v) is 15.1. The van der Waals surface area contributed by atoms with Gasteiger partial charge in [0, 0.05) is 6.07 Å². The molecule has 0 radical (unpaired) electrons. The van der Waals surface area contributed by atoms with Crippen molar-refractivity contribution in [3.8, 4) is 23.0 Å². The first-order valence-electron chi connectivity index (χ1n) is 7.70. The summed E-state index contributed by atoms with van der Waals surface area (Å²) in [6.07, 6.45) is 1.58. The summed E-state index contributed by atoms with van der Waals surface area (Å²) in [6, 6.07) is 11.0. The Balaban J connectivity index is 2.64. The molecule has 0 saturated carbocycles. The maximum atomic E-state index is 11.8. The molecule has 0 aliphatic rings. The van der Waals surface area contributed by atoms with Crippen molar-refractivity contribution in [2.75, 3.05) is 28.4 Å². The summed E-state index contributed by atoms with van der Waals surface area (Å²) in [7, 11) is 6.33. The Bertz CT molecular complexity index is 770. The number of allylic oxidation sites excluding steroid dienone is 1. The molecule has 2 rings (SSSR count). The van der Waals surface area contributed by atoms with Crippen LogP contribution in [0.5, 0.6) is 23.0 Å². The number of ketones is 1. The molecule has 0 unspecified atom stereocenters. The molecule has 2 aromatic carbocycles. The van der Waals surface area contributed by atoms with Gasteiger partial charge >= 0.3 is 0 Å². The normalized spacial score (nSPS) is 11.0. The monoisotopic (exact) mass is 342 g/mol. The number of ether oxygens (including phenoxy) is 4. The Morgan fingerprint density at radius 2 is 1.36 bits per heavy atom. The highest BCUT2D eigenvalue weighted by Crippen LogP contribution is 2.35. The maximum Gasteiger partial charge on any atom is 0.161 e. The molecule has 0 spiro atoms. The van der Waals surface area contributed by atoms with Gasteiger partial charge in [-0.25, -0.2) is 0 Å². The van der Waals surface area contributed by atoms with Crippen molar-refractivity contribution in [3.05, 3.63) is 53.6 Å². The summed E-state index contributed by atoms with van der Waals surface area (Å²) in [4.78, 5) is 11.8. The Kier molecular flexibility index (Phi) is 6.06. The third-order valence-corrected chi connectivity index (χ3v) is 3.70. The van der Waals surface area contributed by atoms with Crippen molar-refractivity contribution in [3.63, 3.8) is 0 Å². The average Bonchev–Trinajstić information content (AvgIpc) is 2.64. The summed E-state index contributed by atoms with van der Waals surface area (Å²) in [6.45, 7) is 1.51. The van der Waals surface area contributed by atoms with E-state index in [0.29, 0.717) is 23.0 Å². The zero-order valence-electron chi connectivity index (χ0n) is 15.1. The van der Waals surface area contributed by atoms with E-state index in [-0.39, 0.29) is 5.78 Å². The van der Waals surface area contributed by atoms with Crippen LogP contribution in [0.15, 0.2) is 42.5 Å². The van der Waals surface area contributed by atoms with E-state index in [9.17, 15) is 4.79 Å². The first kappa shape index (κ1) is 18.4. The highest BCUT2D eigenvalue weighted by Gasteiger charge is 2.13. The van der Waals surface area contributed by atoms with Crippen molar-refractivity contribution in [2.24, 2.45) is 0 Å². The molecule has 5 nitrogen and oxygen atoms in total. The van der Waals surface area contributed by atoms with Gasteiger partial charge in [-0.15, -0.1) is 0 Å². The van der Waals surface area contributed by atoms with Gasteiger partial charge in [0.05, 0.1) is 28.4 Å². The number of hydrogen-bond donors (Lipinski definition) is 0. The molecule has 0 heterocycles. The summed E-state index contributed by atoms with van der Waals surface area (Å²) >= 11 is 0. The predicted octanol–water partition coefficient (Wildman–Crippen LogP) is 3.74. The van der Waals surface area contributed by atoms with Crippen LogP contribution in [0, 0.1) is 0 Å². The molecule has 5 heteroatoms. The second-order valence-electron chi connectivity index (χ2n) is 5.34. The van der Waals surface area contributed by atoms with Crippen molar-refractivity contribution in [1.29, 1.82) is 0 Å². The van der Waals surface area contributed by atoms with Crippen molar-refractivity contribution in [1.82, 2.24) is 0 Å².